The van der Waals surface area contributed by atoms with Crippen LogP contribution in [-0.4, -0.2) is 38.3 Å². The molecule has 0 bridgehead atoms. The number of nitrogens with zero attached hydrogens (tertiary/aromatic N) is 2. The quantitative estimate of drug-likeness (QED) is 0.700. The van der Waals surface area contributed by atoms with Crippen LogP contribution in [0.5, 0.6) is 0 Å². The number of benzene rings is 2. The molecule has 1 spiro atoms. The average Bonchev–Trinajstić information content (AvgIpc) is 2.97. The predicted molar refractivity (Wildman–Crippen MR) is 115 cm³/mol. The van der Waals surface area contributed by atoms with Gasteiger partial charge in [0.2, 0.25) is 15.9 Å². The van der Waals surface area contributed by atoms with Crippen molar-refractivity contribution in [2.24, 2.45) is 5.41 Å². The van der Waals surface area contributed by atoms with E-state index in [4.69, 9.17) is 11.6 Å². The van der Waals surface area contributed by atoms with Gasteiger partial charge in [-0.1, -0.05) is 17.7 Å². The summed E-state index contributed by atoms with van der Waals surface area (Å²) in [5.41, 5.74) is 1.12. The van der Waals surface area contributed by atoms with E-state index in [0.29, 0.717) is 32.4 Å². The van der Waals surface area contributed by atoms with Crippen molar-refractivity contribution in [3.63, 3.8) is 0 Å². The van der Waals surface area contributed by atoms with E-state index < -0.39 is 21.3 Å². The molecule has 2 aromatic carbocycles. The molecule has 8 heteroatoms. The van der Waals surface area contributed by atoms with Crippen LogP contribution in [0.4, 0.5) is 10.1 Å². The van der Waals surface area contributed by atoms with Crippen molar-refractivity contribution in [1.29, 1.82) is 0 Å². The van der Waals surface area contributed by atoms with Crippen LogP contribution in [0.3, 0.4) is 0 Å². The van der Waals surface area contributed by atoms with Crippen LogP contribution in [0.2, 0.25) is 5.02 Å². The molecule has 0 N–H and O–H groups in total. The maximum Gasteiger partial charge on any atom is 0.243 e. The summed E-state index contributed by atoms with van der Waals surface area (Å²) in [6.45, 7) is 4.58. The third kappa shape index (κ3) is 3.63. The molecule has 2 heterocycles. The molecule has 0 radical (unpaired) electrons. The molecule has 0 aliphatic carbocycles. The van der Waals surface area contributed by atoms with Crippen molar-refractivity contribution in [2.75, 3.05) is 24.5 Å². The number of hydrogen-bond donors (Lipinski definition) is 0. The van der Waals surface area contributed by atoms with Gasteiger partial charge < -0.3 is 4.90 Å². The summed E-state index contributed by atoms with van der Waals surface area (Å²) in [5.74, 6) is -0.771. The van der Waals surface area contributed by atoms with Crippen LogP contribution >= 0.6 is 11.6 Å². The first kappa shape index (κ1) is 21.3. The Kier molecular flexibility index (Phi) is 5.41. The van der Waals surface area contributed by atoms with Gasteiger partial charge in [0.25, 0.3) is 0 Å². The number of rotatable bonds is 3. The Morgan fingerprint density at radius 1 is 1.03 bits per heavy atom. The fourth-order valence-electron chi connectivity index (χ4n) is 4.65. The van der Waals surface area contributed by atoms with E-state index in [-0.39, 0.29) is 28.1 Å². The number of carbonyl (C=O) groups is 1. The number of aryl methyl sites for hydroxylation is 2. The van der Waals surface area contributed by atoms with Gasteiger partial charge in [0.1, 0.15) is 5.82 Å². The van der Waals surface area contributed by atoms with Gasteiger partial charge in [-0.15, -0.1) is 0 Å². The fraction of sp³-hybridized carbons (Fsp3) is 0.409. The van der Waals surface area contributed by atoms with Crippen LogP contribution in [0, 0.1) is 25.1 Å². The molecule has 2 saturated heterocycles. The number of amides is 1. The number of sulfonamides is 1. The molecule has 5 nitrogen and oxygen atoms in total. The van der Waals surface area contributed by atoms with Crippen molar-refractivity contribution < 1.29 is 17.6 Å². The second-order valence-electron chi connectivity index (χ2n) is 8.35. The molecule has 1 amide bonds. The van der Waals surface area contributed by atoms with E-state index in [2.05, 4.69) is 0 Å². The summed E-state index contributed by atoms with van der Waals surface area (Å²) < 4.78 is 42.4. The standard InChI is InChI=1S/C22H24ClFN2O3S/c1-15-10-16(2)12-18(11-15)30(28,29)25-8-3-6-22(14-25)7-9-26(21(22)27)20-5-4-17(23)13-19(20)24/h4-5,10-13H,3,6-9,14H2,1-2H3. The van der Waals surface area contributed by atoms with E-state index in [1.165, 1.54) is 21.3 Å². The molecule has 30 heavy (non-hydrogen) atoms. The third-order valence-corrected chi connectivity index (χ3v) is 8.15. The fourth-order valence-corrected chi connectivity index (χ4v) is 6.57. The maximum absolute atomic E-state index is 14.4. The summed E-state index contributed by atoms with van der Waals surface area (Å²) in [6.07, 6.45) is 1.68. The Balaban J connectivity index is 1.63. The minimum Gasteiger partial charge on any atom is -0.309 e. The Morgan fingerprint density at radius 3 is 2.40 bits per heavy atom. The first-order valence-corrected chi connectivity index (χ1v) is 11.8. The molecule has 4 rings (SSSR count). The van der Waals surface area contributed by atoms with E-state index in [9.17, 15) is 17.6 Å². The topological polar surface area (TPSA) is 57.7 Å². The van der Waals surface area contributed by atoms with Crippen LogP contribution < -0.4 is 4.90 Å². The van der Waals surface area contributed by atoms with E-state index in [0.717, 1.165) is 11.1 Å². The third-order valence-electron chi connectivity index (χ3n) is 6.09. The lowest BCUT2D eigenvalue weighted by atomic mass is 9.79. The summed E-state index contributed by atoms with van der Waals surface area (Å²) >= 11 is 5.84. The SMILES string of the molecule is Cc1cc(C)cc(S(=O)(=O)N2CCCC3(CCN(c4ccc(Cl)cc4F)C3=O)C2)c1. The number of hydrogen-bond acceptors (Lipinski definition) is 3. The van der Waals surface area contributed by atoms with Crippen molar-refractivity contribution in [3.8, 4) is 0 Å². The Bertz CT molecular complexity index is 1100. The molecule has 2 aromatic rings. The van der Waals surface area contributed by atoms with Gasteiger partial charge in [-0.25, -0.2) is 12.8 Å². The molecular formula is C22H24ClFN2O3S. The zero-order valence-electron chi connectivity index (χ0n) is 17.0. The van der Waals surface area contributed by atoms with Crippen molar-refractivity contribution in [3.05, 3.63) is 58.4 Å². The molecule has 1 unspecified atom stereocenters. The highest BCUT2D eigenvalue weighted by Crippen LogP contribution is 2.43. The lowest BCUT2D eigenvalue weighted by Gasteiger charge is -2.38. The monoisotopic (exact) mass is 450 g/mol. The highest BCUT2D eigenvalue weighted by molar-refractivity contribution is 7.89. The predicted octanol–water partition coefficient (Wildman–Crippen LogP) is 4.30. The normalized spacial score (nSPS) is 22.8. The minimum atomic E-state index is -3.72. The van der Waals surface area contributed by atoms with E-state index in [1.54, 1.807) is 18.2 Å². The molecule has 2 aliphatic heterocycles. The van der Waals surface area contributed by atoms with Gasteiger partial charge in [-0.3, -0.25) is 4.79 Å². The number of anilines is 1. The van der Waals surface area contributed by atoms with Gasteiger partial charge in [-0.05, 0) is 74.6 Å². The number of piperidine rings is 1. The molecule has 1 atom stereocenters. The molecule has 2 fully saturated rings. The van der Waals surface area contributed by atoms with Gasteiger partial charge >= 0.3 is 0 Å². The van der Waals surface area contributed by atoms with Crippen LogP contribution in [-0.2, 0) is 14.8 Å². The second kappa shape index (κ2) is 7.62. The van der Waals surface area contributed by atoms with Gasteiger partial charge in [0.05, 0.1) is 16.0 Å². The minimum absolute atomic E-state index is 0.118. The largest absolute Gasteiger partial charge is 0.309 e. The summed E-state index contributed by atoms with van der Waals surface area (Å²) in [7, 11) is -3.72. The zero-order chi connectivity index (χ0) is 21.7. The molecule has 2 aliphatic rings. The lowest BCUT2D eigenvalue weighted by Crippen LogP contribution is -2.49. The summed E-state index contributed by atoms with van der Waals surface area (Å²) in [6, 6.07) is 9.49. The Hall–Kier alpha value is -1.96. The zero-order valence-corrected chi connectivity index (χ0v) is 18.6. The molecular weight excluding hydrogens is 427 g/mol. The van der Waals surface area contributed by atoms with Crippen molar-refractivity contribution >= 4 is 33.2 Å². The molecule has 0 saturated carbocycles. The van der Waals surface area contributed by atoms with Gasteiger partial charge in [0, 0.05) is 24.7 Å². The Morgan fingerprint density at radius 2 is 1.73 bits per heavy atom. The first-order valence-electron chi connectivity index (χ1n) is 9.98. The highest BCUT2D eigenvalue weighted by Gasteiger charge is 2.51. The molecule has 160 valence electrons. The number of halogens is 2. The number of carbonyl (C=O) groups excluding carboxylic acids is 1. The smallest absolute Gasteiger partial charge is 0.243 e. The molecule has 0 aromatic heterocycles. The van der Waals surface area contributed by atoms with Crippen LogP contribution in [0.25, 0.3) is 0 Å². The van der Waals surface area contributed by atoms with Gasteiger partial charge in [0.15, 0.2) is 0 Å². The lowest BCUT2D eigenvalue weighted by molar-refractivity contribution is -0.127. The second-order valence-corrected chi connectivity index (χ2v) is 10.7. The maximum atomic E-state index is 14.4. The summed E-state index contributed by atoms with van der Waals surface area (Å²) in [4.78, 5) is 15.0. The summed E-state index contributed by atoms with van der Waals surface area (Å²) in [5, 5.41) is 0.265. The van der Waals surface area contributed by atoms with Crippen LogP contribution in [0.1, 0.15) is 30.4 Å². The average molecular weight is 451 g/mol. The van der Waals surface area contributed by atoms with Gasteiger partial charge in [-0.2, -0.15) is 4.31 Å². The van der Waals surface area contributed by atoms with Crippen molar-refractivity contribution in [2.45, 2.75) is 38.0 Å². The van der Waals surface area contributed by atoms with Crippen LogP contribution in [0.15, 0.2) is 41.3 Å². The van der Waals surface area contributed by atoms with E-state index >= 15 is 0 Å². The highest BCUT2D eigenvalue weighted by atomic mass is 35.5. The first-order chi connectivity index (χ1) is 14.1. The van der Waals surface area contributed by atoms with E-state index in [1.807, 2.05) is 19.9 Å². The Labute approximate surface area is 181 Å². The van der Waals surface area contributed by atoms with Crippen molar-refractivity contribution in [1.82, 2.24) is 4.31 Å².